The van der Waals surface area contributed by atoms with E-state index in [0.29, 0.717) is 18.0 Å². The van der Waals surface area contributed by atoms with E-state index < -0.39 is 15.7 Å². The van der Waals surface area contributed by atoms with E-state index in [0.717, 1.165) is 6.07 Å². The van der Waals surface area contributed by atoms with Gasteiger partial charge in [0.05, 0.1) is 11.5 Å². The minimum absolute atomic E-state index is 0.0323. The van der Waals surface area contributed by atoms with Crippen LogP contribution in [0, 0.1) is 5.82 Å². The minimum Gasteiger partial charge on any atom is -0.330 e. The van der Waals surface area contributed by atoms with Gasteiger partial charge in [0.25, 0.3) is 0 Å². The third-order valence-electron chi connectivity index (χ3n) is 2.04. The number of nitrogens with two attached hydrogens (primary N) is 1. The molecule has 3 nitrogen and oxygen atoms in total. The van der Waals surface area contributed by atoms with E-state index >= 15 is 0 Å². The van der Waals surface area contributed by atoms with E-state index in [4.69, 9.17) is 17.3 Å². The van der Waals surface area contributed by atoms with E-state index in [1.54, 1.807) is 0 Å². The molecule has 0 aromatic heterocycles. The van der Waals surface area contributed by atoms with Gasteiger partial charge in [0.2, 0.25) is 0 Å². The van der Waals surface area contributed by atoms with Crippen LogP contribution in [0.5, 0.6) is 0 Å². The summed E-state index contributed by atoms with van der Waals surface area (Å²) in [6.45, 7) is 0.303. The van der Waals surface area contributed by atoms with Crippen LogP contribution in [0.2, 0.25) is 5.02 Å². The van der Waals surface area contributed by atoms with Crippen LogP contribution in [0.15, 0.2) is 18.2 Å². The van der Waals surface area contributed by atoms with Crippen molar-refractivity contribution in [1.29, 1.82) is 0 Å². The third kappa shape index (κ3) is 4.08. The fraction of sp³-hybridized carbons (Fsp3) is 0.400. The molecule has 0 spiro atoms. The number of hydrogen-bond acceptors (Lipinski definition) is 3. The van der Waals surface area contributed by atoms with Gasteiger partial charge in [-0.1, -0.05) is 11.6 Å². The van der Waals surface area contributed by atoms with E-state index in [1.165, 1.54) is 12.1 Å². The molecule has 0 atom stereocenters. The number of hydrogen-bond donors (Lipinski definition) is 1. The van der Waals surface area contributed by atoms with Crippen LogP contribution in [0.3, 0.4) is 0 Å². The van der Waals surface area contributed by atoms with Crippen LogP contribution in [0.1, 0.15) is 12.0 Å². The summed E-state index contributed by atoms with van der Waals surface area (Å²) in [5.74, 6) is -0.921. The normalized spacial score (nSPS) is 11.7. The van der Waals surface area contributed by atoms with Gasteiger partial charge in [-0.2, -0.15) is 0 Å². The topological polar surface area (TPSA) is 60.2 Å². The highest BCUT2D eigenvalue weighted by molar-refractivity contribution is 7.90. The highest BCUT2D eigenvalue weighted by Gasteiger charge is 2.14. The molecule has 6 heteroatoms. The lowest BCUT2D eigenvalue weighted by Gasteiger charge is -2.05. The average molecular weight is 266 g/mol. The second-order valence-corrected chi connectivity index (χ2v) is 6.09. The number of rotatable bonds is 5. The Morgan fingerprint density at radius 2 is 2.06 bits per heavy atom. The van der Waals surface area contributed by atoms with Gasteiger partial charge in [0.15, 0.2) is 9.84 Å². The molecule has 0 aliphatic carbocycles. The molecule has 0 radical (unpaired) electrons. The summed E-state index contributed by atoms with van der Waals surface area (Å²) in [5.41, 5.74) is 5.32. The maximum Gasteiger partial charge on any atom is 0.154 e. The van der Waals surface area contributed by atoms with E-state index in [9.17, 15) is 12.8 Å². The Hall–Kier alpha value is -0.650. The molecule has 0 fully saturated rings. The predicted octanol–water partition coefficient (Wildman–Crippen LogP) is 1.74. The molecule has 0 saturated heterocycles. The summed E-state index contributed by atoms with van der Waals surface area (Å²) in [7, 11) is -3.31. The first-order valence-corrected chi connectivity index (χ1v) is 6.99. The zero-order chi connectivity index (χ0) is 12.2. The van der Waals surface area contributed by atoms with E-state index in [1.807, 2.05) is 0 Å². The molecule has 0 aliphatic heterocycles. The number of halogens is 2. The van der Waals surface area contributed by atoms with Gasteiger partial charge in [-0.15, -0.1) is 0 Å². The summed E-state index contributed by atoms with van der Waals surface area (Å²) in [5, 5.41) is 0.324. The average Bonchev–Trinajstić information content (AvgIpc) is 2.20. The maximum atomic E-state index is 13.3. The zero-order valence-electron chi connectivity index (χ0n) is 8.62. The van der Waals surface area contributed by atoms with Crippen LogP contribution < -0.4 is 5.73 Å². The van der Waals surface area contributed by atoms with Gasteiger partial charge >= 0.3 is 0 Å². The SMILES string of the molecule is NCCCS(=O)(=O)Cc1cc(Cl)ccc1F. The standard InChI is InChI=1S/C10H13ClFNO2S/c11-9-2-3-10(12)8(6-9)7-16(14,15)5-1-4-13/h2-3,6H,1,4-5,7,13H2. The van der Waals surface area contributed by atoms with Crippen molar-refractivity contribution in [3.8, 4) is 0 Å². The molecule has 1 aromatic carbocycles. The molecule has 90 valence electrons. The second-order valence-electron chi connectivity index (χ2n) is 3.47. The lowest BCUT2D eigenvalue weighted by molar-refractivity contribution is 0.585. The Morgan fingerprint density at radius 1 is 1.38 bits per heavy atom. The molecule has 0 aliphatic rings. The largest absolute Gasteiger partial charge is 0.330 e. The van der Waals surface area contributed by atoms with Crippen molar-refractivity contribution in [2.24, 2.45) is 5.73 Å². The Balaban J connectivity index is 2.83. The van der Waals surface area contributed by atoms with Crippen LogP contribution >= 0.6 is 11.6 Å². The molecule has 0 bridgehead atoms. The first-order valence-electron chi connectivity index (χ1n) is 4.79. The molecule has 0 saturated carbocycles. The van der Waals surface area contributed by atoms with Crippen molar-refractivity contribution in [3.63, 3.8) is 0 Å². The Kier molecular flexibility index (Phi) is 4.70. The molecular formula is C10H13ClFNO2S. The van der Waals surface area contributed by atoms with Crippen molar-refractivity contribution in [2.75, 3.05) is 12.3 Å². The molecule has 0 heterocycles. The summed E-state index contributed by atoms with van der Waals surface area (Å²) in [6, 6.07) is 3.87. The van der Waals surface area contributed by atoms with Crippen LogP contribution in [0.4, 0.5) is 4.39 Å². The molecule has 2 N–H and O–H groups in total. The van der Waals surface area contributed by atoms with Gasteiger partial charge in [0, 0.05) is 10.6 Å². The Morgan fingerprint density at radius 3 is 2.69 bits per heavy atom. The Bertz CT molecular complexity index is 462. The molecule has 0 amide bonds. The second kappa shape index (κ2) is 5.61. The smallest absolute Gasteiger partial charge is 0.154 e. The van der Waals surface area contributed by atoms with Crippen molar-refractivity contribution in [2.45, 2.75) is 12.2 Å². The molecule has 16 heavy (non-hydrogen) atoms. The fourth-order valence-electron chi connectivity index (χ4n) is 1.27. The summed E-state index contributed by atoms with van der Waals surface area (Å²) in [4.78, 5) is 0. The first kappa shape index (κ1) is 13.4. The summed E-state index contributed by atoms with van der Waals surface area (Å²) < 4.78 is 36.4. The van der Waals surface area contributed by atoms with Crippen molar-refractivity contribution < 1.29 is 12.8 Å². The summed E-state index contributed by atoms with van der Waals surface area (Å²) >= 11 is 5.67. The van der Waals surface area contributed by atoms with Crippen molar-refractivity contribution in [1.82, 2.24) is 0 Å². The predicted molar refractivity (Wildman–Crippen MR) is 62.6 cm³/mol. The molecule has 1 aromatic rings. The van der Waals surface area contributed by atoms with Gasteiger partial charge in [-0.05, 0) is 31.2 Å². The van der Waals surface area contributed by atoms with E-state index in [-0.39, 0.29) is 17.1 Å². The highest BCUT2D eigenvalue weighted by atomic mass is 35.5. The quantitative estimate of drug-likeness (QED) is 0.882. The van der Waals surface area contributed by atoms with Gasteiger partial charge in [0.1, 0.15) is 5.82 Å². The zero-order valence-corrected chi connectivity index (χ0v) is 10.2. The number of benzene rings is 1. The van der Waals surface area contributed by atoms with Crippen LogP contribution in [0.25, 0.3) is 0 Å². The minimum atomic E-state index is -3.31. The number of sulfone groups is 1. The molecule has 1 rings (SSSR count). The van der Waals surface area contributed by atoms with Gasteiger partial charge < -0.3 is 5.73 Å². The third-order valence-corrected chi connectivity index (χ3v) is 3.94. The Labute approximate surface area is 99.3 Å². The molecular weight excluding hydrogens is 253 g/mol. The van der Waals surface area contributed by atoms with Crippen LogP contribution in [-0.2, 0) is 15.6 Å². The van der Waals surface area contributed by atoms with Crippen molar-refractivity contribution >= 4 is 21.4 Å². The van der Waals surface area contributed by atoms with Crippen LogP contribution in [-0.4, -0.2) is 20.7 Å². The van der Waals surface area contributed by atoms with Crippen molar-refractivity contribution in [3.05, 3.63) is 34.6 Å². The first-order chi connectivity index (χ1) is 7.44. The lowest BCUT2D eigenvalue weighted by atomic mass is 10.2. The lowest BCUT2D eigenvalue weighted by Crippen LogP contribution is -2.13. The monoisotopic (exact) mass is 265 g/mol. The van der Waals surface area contributed by atoms with E-state index in [2.05, 4.69) is 0 Å². The van der Waals surface area contributed by atoms with Gasteiger partial charge in [-0.25, -0.2) is 12.8 Å². The maximum absolute atomic E-state index is 13.3. The van der Waals surface area contributed by atoms with Gasteiger partial charge in [-0.3, -0.25) is 0 Å². The highest BCUT2D eigenvalue weighted by Crippen LogP contribution is 2.17. The molecule has 0 unspecified atom stereocenters. The fourth-order valence-corrected chi connectivity index (χ4v) is 2.91. The summed E-state index contributed by atoms with van der Waals surface area (Å²) in [6.07, 6.45) is 0.379.